The van der Waals surface area contributed by atoms with Crippen molar-refractivity contribution in [3.05, 3.63) is 12.7 Å². The summed E-state index contributed by atoms with van der Waals surface area (Å²) in [5.74, 6) is -6.06. The summed E-state index contributed by atoms with van der Waals surface area (Å²) in [6.07, 6.45) is -11.2. The van der Waals surface area contributed by atoms with Crippen LogP contribution in [0.3, 0.4) is 0 Å². The van der Waals surface area contributed by atoms with E-state index < -0.39 is 24.1 Å². The molecule has 0 aromatic carbocycles. The number of hydrogen-bond donors (Lipinski definition) is 0. The molecule has 0 amide bonds. The number of hydrogen-bond acceptors (Lipinski definition) is 1. The Morgan fingerprint density at radius 1 is 1.08 bits per heavy atom. The Kier molecular flexibility index (Phi) is 3.13. The van der Waals surface area contributed by atoms with Gasteiger partial charge in [-0.05, 0) is 6.08 Å². The summed E-state index contributed by atoms with van der Waals surface area (Å²) in [4.78, 5) is 10.2. The first-order valence-electron chi connectivity index (χ1n) is 2.90. The first-order valence-corrected chi connectivity index (χ1v) is 2.90. The van der Waals surface area contributed by atoms with Crippen molar-refractivity contribution in [1.82, 2.24) is 0 Å². The molecule has 0 heterocycles. The van der Waals surface area contributed by atoms with Crippen molar-refractivity contribution in [2.75, 3.05) is 0 Å². The largest absolute Gasteiger partial charge is 0.407 e. The molecule has 13 heavy (non-hydrogen) atoms. The van der Waals surface area contributed by atoms with Crippen LogP contribution < -0.4 is 0 Å². The van der Waals surface area contributed by atoms with Gasteiger partial charge < -0.3 is 0 Å². The molecule has 7 heteroatoms. The standard InChI is InChI=1S/C6H4F6O/c1-2-3(13)4(5(7,8)9)6(10,11)12/h2,4H,1H2. The molecule has 1 nitrogen and oxygen atoms in total. The fourth-order valence-corrected chi connectivity index (χ4v) is 0.626. The van der Waals surface area contributed by atoms with Gasteiger partial charge in [-0.3, -0.25) is 4.79 Å². The monoisotopic (exact) mass is 206 g/mol. The molecule has 0 bridgehead atoms. The Balaban J connectivity index is 5.00. The smallest absolute Gasteiger partial charge is 0.294 e. The number of alkyl halides is 6. The van der Waals surface area contributed by atoms with Crippen LogP contribution in [-0.4, -0.2) is 18.1 Å². The summed E-state index contributed by atoms with van der Waals surface area (Å²) in [6.45, 7) is 2.56. The van der Waals surface area contributed by atoms with Crippen molar-refractivity contribution in [2.24, 2.45) is 5.92 Å². The number of carbonyl (C=O) groups excluding carboxylic acids is 1. The topological polar surface area (TPSA) is 17.1 Å². The van der Waals surface area contributed by atoms with Crippen molar-refractivity contribution in [1.29, 1.82) is 0 Å². The molecular formula is C6H4F6O. The maximum absolute atomic E-state index is 11.7. The summed E-state index contributed by atoms with van der Waals surface area (Å²) >= 11 is 0. The van der Waals surface area contributed by atoms with E-state index in [-0.39, 0.29) is 6.08 Å². The normalized spacial score (nSPS) is 13.2. The highest BCUT2D eigenvalue weighted by Crippen LogP contribution is 2.39. The second-order valence-corrected chi connectivity index (χ2v) is 2.12. The van der Waals surface area contributed by atoms with Crippen LogP contribution in [0.5, 0.6) is 0 Å². The van der Waals surface area contributed by atoms with E-state index in [1.165, 1.54) is 0 Å². The maximum Gasteiger partial charge on any atom is 0.407 e. The lowest BCUT2D eigenvalue weighted by Gasteiger charge is -2.19. The van der Waals surface area contributed by atoms with Crippen molar-refractivity contribution in [3.63, 3.8) is 0 Å². The van der Waals surface area contributed by atoms with Crippen LogP contribution in [0.25, 0.3) is 0 Å². The quantitative estimate of drug-likeness (QED) is 0.501. The first kappa shape index (κ1) is 12.0. The molecule has 0 aromatic heterocycles. The van der Waals surface area contributed by atoms with E-state index in [4.69, 9.17) is 0 Å². The van der Waals surface area contributed by atoms with Crippen LogP contribution in [0.4, 0.5) is 26.3 Å². The molecule has 0 aliphatic rings. The summed E-state index contributed by atoms with van der Waals surface area (Å²) in [6, 6.07) is 0. The molecule has 0 aliphatic carbocycles. The summed E-state index contributed by atoms with van der Waals surface area (Å²) in [5.41, 5.74) is 0. The lowest BCUT2D eigenvalue weighted by Crippen LogP contribution is -2.41. The zero-order valence-electron chi connectivity index (χ0n) is 6.04. The van der Waals surface area contributed by atoms with Crippen molar-refractivity contribution < 1.29 is 31.1 Å². The highest BCUT2D eigenvalue weighted by atomic mass is 19.4. The molecular weight excluding hydrogens is 202 g/mol. The zero-order valence-corrected chi connectivity index (χ0v) is 6.04. The van der Waals surface area contributed by atoms with Crippen LogP contribution in [0, 0.1) is 5.92 Å². The second-order valence-electron chi connectivity index (χ2n) is 2.12. The third kappa shape index (κ3) is 3.08. The van der Waals surface area contributed by atoms with Gasteiger partial charge in [-0.15, -0.1) is 0 Å². The van der Waals surface area contributed by atoms with Crippen molar-refractivity contribution in [2.45, 2.75) is 12.4 Å². The molecule has 0 saturated heterocycles. The van der Waals surface area contributed by atoms with Crippen LogP contribution in [0.15, 0.2) is 12.7 Å². The highest BCUT2D eigenvalue weighted by Gasteiger charge is 2.59. The van der Waals surface area contributed by atoms with E-state index >= 15 is 0 Å². The minimum absolute atomic E-state index is 0.00560. The van der Waals surface area contributed by atoms with Gasteiger partial charge in [-0.2, -0.15) is 26.3 Å². The van der Waals surface area contributed by atoms with Gasteiger partial charge in [0.2, 0.25) is 5.92 Å². The highest BCUT2D eigenvalue weighted by molar-refractivity contribution is 5.92. The number of halogens is 6. The molecule has 0 atom stereocenters. The van der Waals surface area contributed by atoms with Gasteiger partial charge in [0.1, 0.15) is 0 Å². The number of ketones is 1. The fourth-order valence-electron chi connectivity index (χ4n) is 0.626. The van der Waals surface area contributed by atoms with E-state index in [0.29, 0.717) is 0 Å². The Labute approximate surface area is 69.0 Å². The number of rotatable bonds is 2. The molecule has 0 saturated carbocycles. The minimum Gasteiger partial charge on any atom is -0.294 e. The average Bonchev–Trinajstić information content (AvgIpc) is 1.80. The lowest BCUT2D eigenvalue weighted by molar-refractivity contribution is -0.271. The first-order chi connectivity index (χ1) is 5.60. The molecule has 0 N–H and O–H groups in total. The molecule has 76 valence electrons. The molecule has 0 rings (SSSR count). The minimum atomic E-state index is -5.62. The van der Waals surface area contributed by atoms with Crippen molar-refractivity contribution >= 4 is 5.78 Å². The second kappa shape index (κ2) is 3.39. The Morgan fingerprint density at radius 3 is 1.46 bits per heavy atom. The van der Waals surface area contributed by atoms with E-state index in [2.05, 4.69) is 6.58 Å². The fraction of sp³-hybridized carbons (Fsp3) is 0.500. The SMILES string of the molecule is C=CC(=O)C(C(F)(F)F)C(F)(F)F. The molecule has 0 aliphatic heterocycles. The third-order valence-corrected chi connectivity index (χ3v) is 1.14. The maximum atomic E-state index is 11.7. The van der Waals surface area contributed by atoms with Gasteiger partial charge in [-0.1, -0.05) is 6.58 Å². The van der Waals surface area contributed by atoms with Gasteiger partial charge in [0, 0.05) is 0 Å². The van der Waals surface area contributed by atoms with Crippen LogP contribution in [0.1, 0.15) is 0 Å². The molecule has 0 unspecified atom stereocenters. The average molecular weight is 206 g/mol. The predicted molar refractivity (Wildman–Crippen MR) is 30.8 cm³/mol. The van der Waals surface area contributed by atoms with E-state index in [1.807, 2.05) is 0 Å². The zero-order chi connectivity index (χ0) is 10.9. The number of carbonyl (C=O) groups is 1. The van der Waals surface area contributed by atoms with Crippen LogP contribution in [-0.2, 0) is 4.79 Å². The summed E-state index contributed by atoms with van der Waals surface area (Å²) in [7, 11) is 0. The van der Waals surface area contributed by atoms with Gasteiger partial charge in [0.05, 0.1) is 0 Å². The third-order valence-electron chi connectivity index (χ3n) is 1.14. The van der Waals surface area contributed by atoms with E-state index in [0.717, 1.165) is 0 Å². The molecule has 0 radical (unpaired) electrons. The van der Waals surface area contributed by atoms with Gasteiger partial charge in [0.15, 0.2) is 5.78 Å². The van der Waals surface area contributed by atoms with Crippen molar-refractivity contribution in [3.8, 4) is 0 Å². The molecule has 0 spiro atoms. The predicted octanol–water partition coefficient (Wildman–Crippen LogP) is 2.48. The van der Waals surface area contributed by atoms with Gasteiger partial charge >= 0.3 is 12.4 Å². The Morgan fingerprint density at radius 2 is 1.38 bits per heavy atom. The van der Waals surface area contributed by atoms with Crippen LogP contribution in [0.2, 0.25) is 0 Å². The van der Waals surface area contributed by atoms with E-state index in [9.17, 15) is 31.1 Å². The summed E-state index contributed by atoms with van der Waals surface area (Å²) < 4.78 is 70.0. The van der Waals surface area contributed by atoms with Gasteiger partial charge in [-0.25, -0.2) is 0 Å². The van der Waals surface area contributed by atoms with E-state index in [1.54, 1.807) is 0 Å². The molecule has 0 fully saturated rings. The Hall–Kier alpha value is -1.01. The van der Waals surface area contributed by atoms with Gasteiger partial charge in [0.25, 0.3) is 0 Å². The van der Waals surface area contributed by atoms with Crippen LogP contribution >= 0.6 is 0 Å². The lowest BCUT2D eigenvalue weighted by atomic mass is 10.0. The Bertz CT molecular complexity index is 198. The number of allylic oxidation sites excluding steroid dienone is 1. The molecule has 0 aromatic rings. The summed E-state index contributed by atoms with van der Waals surface area (Å²) in [5, 5.41) is 0.